The second-order valence-electron chi connectivity index (χ2n) is 6.60. The summed E-state index contributed by atoms with van der Waals surface area (Å²) in [5.74, 6) is -0.0999. The van der Waals surface area contributed by atoms with Gasteiger partial charge in [0.05, 0.1) is 0 Å². The minimum Gasteiger partial charge on any atom is -0.368 e. The number of amides is 2. The average molecular weight is 298 g/mol. The molecule has 2 rings (SSSR count). The van der Waals surface area contributed by atoms with Crippen LogP contribution in [-0.2, 0) is 19.1 Å². The molecule has 0 aromatic carbocycles. The Morgan fingerprint density at radius 2 is 1.38 bits per heavy atom. The summed E-state index contributed by atoms with van der Waals surface area (Å²) in [6.07, 6.45) is 2.87. The highest BCUT2D eigenvalue weighted by Gasteiger charge is 2.28. The number of carbonyl (C=O) groups excluding carboxylic acids is 2. The van der Waals surface area contributed by atoms with Crippen LogP contribution < -0.4 is 10.6 Å². The summed E-state index contributed by atoms with van der Waals surface area (Å²) in [7, 11) is 0. The van der Waals surface area contributed by atoms with Crippen LogP contribution in [0.1, 0.15) is 39.5 Å². The molecule has 0 radical (unpaired) electrons. The van der Waals surface area contributed by atoms with E-state index in [-0.39, 0.29) is 29.4 Å². The number of nitrogens with one attached hydrogen (secondary N) is 2. The molecular weight excluding hydrogens is 272 g/mol. The summed E-state index contributed by atoms with van der Waals surface area (Å²) in [5, 5.41) is 5.82. The molecule has 0 bridgehead atoms. The minimum absolute atomic E-state index is 0.0500. The van der Waals surface area contributed by atoms with Crippen LogP contribution in [0.4, 0.5) is 0 Å². The molecule has 0 spiro atoms. The molecule has 0 saturated carbocycles. The molecule has 2 fully saturated rings. The van der Waals surface area contributed by atoms with Crippen molar-refractivity contribution < 1.29 is 19.1 Å². The molecule has 2 N–H and O–H groups in total. The number of rotatable bonds is 6. The molecule has 0 aromatic heterocycles. The fraction of sp³-hybridized carbons (Fsp3) is 0.867. The van der Waals surface area contributed by atoms with Gasteiger partial charge in [-0.15, -0.1) is 0 Å². The molecule has 120 valence electrons. The van der Waals surface area contributed by atoms with Crippen molar-refractivity contribution in [2.45, 2.75) is 51.7 Å². The van der Waals surface area contributed by atoms with Gasteiger partial charge in [-0.05, 0) is 31.1 Å². The summed E-state index contributed by atoms with van der Waals surface area (Å²) in [5.41, 5.74) is -0.206. The number of carbonyl (C=O) groups is 2. The van der Waals surface area contributed by atoms with Crippen molar-refractivity contribution in [2.75, 3.05) is 26.3 Å². The van der Waals surface area contributed by atoms with Gasteiger partial charge in [-0.25, -0.2) is 0 Å². The lowest BCUT2D eigenvalue weighted by Gasteiger charge is -2.26. The fourth-order valence-corrected chi connectivity index (χ4v) is 2.51. The zero-order valence-electron chi connectivity index (χ0n) is 12.9. The van der Waals surface area contributed by atoms with Crippen molar-refractivity contribution in [1.82, 2.24) is 10.6 Å². The van der Waals surface area contributed by atoms with E-state index in [1.165, 1.54) is 0 Å². The first-order chi connectivity index (χ1) is 9.98. The minimum atomic E-state index is -0.303. The van der Waals surface area contributed by atoms with Crippen molar-refractivity contribution in [3.63, 3.8) is 0 Å². The third-order valence-electron chi connectivity index (χ3n) is 3.93. The Balaban J connectivity index is 1.68. The lowest BCUT2D eigenvalue weighted by atomic mass is 9.93. The Morgan fingerprint density at radius 1 is 0.952 bits per heavy atom. The van der Waals surface area contributed by atoms with Gasteiger partial charge >= 0.3 is 0 Å². The lowest BCUT2D eigenvalue weighted by molar-refractivity contribution is -0.130. The van der Waals surface area contributed by atoms with Gasteiger partial charge < -0.3 is 20.1 Å². The first-order valence-corrected chi connectivity index (χ1v) is 7.77. The predicted octanol–water partition coefficient (Wildman–Crippen LogP) is 0.603. The van der Waals surface area contributed by atoms with Crippen molar-refractivity contribution >= 4 is 11.8 Å². The molecular formula is C15H26N2O4. The number of hydrogen-bond acceptors (Lipinski definition) is 4. The van der Waals surface area contributed by atoms with Crippen LogP contribution in [0.5, 0.6) is 0 Å². The normalized spacial score (nSPS) is 25.8. The Labute approximate surface area is 125 Å². The van der Waals surface area contributed by atoms with E-state index in [9.17, 15) is 9.59 Å². The van der Waals surface area contributed by atoms with Gasteiger partial charge in [0.25, 0.3) is 0 Å². The van der Waals surface area contributed by atoms with Crippen LogP contribution in [0.3, 0.4) is 0 Å². The first-order valence-electron chi connectivity index (χ1n) is 7.77. The van der Waals surface area contributed by atoms with Gasteiger partial charge in [-0.3, -0.25) is 9.59 Å². The van der Waals surface area contributed by atoms with Crippen LogP contribution in [0.2, 0.25) is 0 Å². The maximum Gasteiger partial charge on any atom is 0.249 e. The second kappa shape index (κ2) is 7.22. The molecule has 6 nitrogen and oxygen atoms in total. The molecule has 2 saturated heterocycles. The maximum atomic E-state index is 11.9. The van der Waals surface area contributed by atoms with Crippen LogP contribution in [0.15, 0.2) is 0 Å². The second-order valence-corrected chi connectivity index (χ2v) is 6.60. The van der Waals surface area contributed by atoms with Crippen LogP contribution in [-0.4, -0.2) is 50.3 Å². The van der Waals surface area contributed by atoms with Crippen molar-refractivity contribution in [1.29, 1.82) is 0 Å². The predicted molar refractivity (Wildman–Crippen MR) is 77.7 cm³/mol. The van der Waals surface area contributed by atoms with Gasteiger partial charge in [0.2, 0.25) is 11.8 Å². The van der Waals surface area contributed by atoms with Gasteiger partial charge in [0.1, 0.15) is 12.2 Å². The van der Waals surface area contributed by atoms with E-state index in [2.05, 4.69) is 10.6 Å². The summed E-state index contributed by atoms with van der Waals surface area (Å²) in [4.78, 5) is 23.8. The monoisotopic (exact) mass is 298 g/mol. The van der Waals surface area contributed by atoms with Gasteiger partial charge in [-0.1, -0.05) is 13.8 Å². The molecule has 6 heteroatoms. The van der Waals surface area contributed by atoms with Gasteiger partial charge in [-0.2, -0.15) is 0 Å². The molecule has 2 heterocycles. The van der Waals surface area contributed by atoms with E-state index >= 15 is 0 Å². The van der Waals surface area contributed by atoms with Crippen LogP contribution in [0.25, 0.3) is 0 Å². The van der Waals surface area contributed by atoms with Crippen molar-refractivity contribution in [2.24, 2.45) is 5.41 Å². The third kappa shape index (κ3) is 4.97. The van der Waals surface area contributed by atoms with Crippen molar-refractivity contribution in [3.05, 3.63) is 0 Å². The topological polar surface area (TPSA) is 76.7 Å². The van der Waals surface area contributed by atoms with Crippen molar-refractivity contribution in [3.8, 4) is 0 Å². The molecule has 0 aliphatic carbocycles. The molecule has 0 unspecified atom stereocenters. The zero-order chi connectivity index (χ0) is 15.3. The zero-order valence-corrected chi connectivity index (χ0v) is 12.9. The Kier molecular flexibility index (Phi) is 5.58. The maximum absolute atomic E-state index is 11.9. The first kappa shape index (κ1) is 16.2. The highest BCUT2D eigenvalue weighted by molar-refractivity contribution is 5.81. The summed E-state index contributed by atoms with van der Waals surface area (Å²) >= 11 is 0. The Hall–Kier alpha value is -1.14. The lowest BCUT2D eigenvalue weighted by Crippen LogP contribution is -2.46. The highest BCUT2D eigenvalue weighted by atomic mass is 16.5. The summed E-state index contributed by atoms with van der Waals surface area (Å²) in [6, 6.07) is 0. The molecule has 21 heavy (non-hydrogen) atoms. The van der Waals surface area contributed by atoms with Crippen LogP contribution >= 0.6 is 0 Å². The SMILES string of the molecule is CC(C)(CNC(=O)[C@@H]1CCCO1)CNC(=O)[C@H]1CCCO1. The third-order valence-corrected chi connectivity index (χ3v) is 3.93. The highest BCUT2D eigenvalue weighted by Crippen LogP contribution is 2.16. The van der Waals surface area contributed by atoms with E-state index in [0.29, 0.717) is 26.3 Å². The quantitative estimate of drug-likeness (QED) is 0.753. The average Bonchev–Trinajstić information content (AvgIpc) is 3.14. The smallest absolute Gasteiger partial charge is 0.249 e. The fourth-order valence-electron chi connectivity index (χ4n) is 2.51. The molecule has 0 aromatic rings. The van der Waals surface area contributed by atoms with E-state index in [4.69, 9.17) is 9.47 Å². The Bertz CT molecular complexity index is 338. The van der Waals surface area contributed by atoms with E-state index in [1.807, 2.05) is 13.8 Å². The molecule has 2 atom stereocenters. The van der Waals surface area contributed by atoms with Gasteiger partial charge in [0, 0.05) is 26.3 Å². The number of hydrogen-bond donors (Lipinski definition) is 2. The number of ether oxygens (including phenoxy) is 2. The van der Waals surface area contributed by atoms with E-state index in [0.717, 1.165) is 25.7 Å². The summed E-state index contributed by atoms with van der Waals surface area (Å²) < 4.78 is 10.7. The van der Waals surface area contributed by atoms with E-state index < -0.39 is 0 Å². The molecule has 2 amide bonds. The molecule has 2 aliphatic rings. The molecule has 2 aliphatic heterocycles. The van der Waals surface area contributed by atoms with E-state index in [1.54, 1.807) is 0 Å². The Morgan fingerprint density at radius 3 is 1.71 bits per heavy atom. The van der Waals surface area contributed by atoms with Gasteiger partial charge in [0.15, 0.2) is 0 Å². The standard InChI is InChI=1S/C15H26N2O4/c1-15(2,9-16-13(18)11-5-3-7-20-11)10-17-14(19)12-6-4-8-21-12/h11-12H,3-10H2,1-2H3,(H,16,18)(H,17,19)/t11-,12+. The summed E-state index contributed by atoms with van der Waals surface area (Å²) in [6.45, 7) is 6.38. The van der Waals surface area contributed by atoms with Crippen LogP contribution in [0, 0.1) is 5.41 Å². The largest absolute Gasteiger partial charge is 0.368 e.